The van der Waals surface area contributed by atoms with E-state index in [1.165, 1.54) is 0 Å². The Kier molecular flexibility index (Phi) is 3.19. The summed E-state index contributed by atoms with van der Waals surface area (Å²) in [4.78, 5) is 11.3. The first-order valence-electron chi connectivity index (χ1n) is 6.11. The zero-order valence-corrected chi connectivity index (χ0v) is 10.3. The zero-order chi connectivity index (χ0) is 11.9. The highest BCUT2D eigenvalue weighted by Crippen LogP contribution is 2.56. The van der Waals surface area contributed by atoms with Gasteiger partial charge in [0.05, 0.1) is 16.9 Å². The third-order valence-corrected chi connectivity index (χ3v) is 5.12. The Hall–Kier alpha value is -0.280. The maximum Gasteiger partial charge on any atom is 0.309 e. The first-order chi connectivity index (χ1) is 7.51. The van der Waals surface area contributed by atoms with Crippen molar-refractivity contribution in [3.05, 3.63) is 0 Å². The highest BCUT2D eigenvalue weighted by atomic mass is 35.5. The van der Waals surface area contributed by atoms with E-state index in [1.807, 2.05) is 6.92 Å². The molecule has 0 unspecified atom stereocenters. The van der Waals surface area contributed by atoms with Gasteiger partial charge < -0.3 is 10.2 Å². The van der Waals surface area contributed by atoms with Gasteiger partial charge in [-0.05, 0) is 37.5 Å². The molecule has 2 aliphatic carbocycles. The van der Waals surface area contributed by atoms with Crippen LogP contribution in [0.4, 0.5) is 0 Å². The molecule has 2 saturated carbocycles. The third kappa shape index (κ3) is 1.56. The molecule has 3 nitrogen and oxygen atoms in total. The Labute approximate surface area is 101 Å². The van der Waals surface area contributed by atoms with Gasteiger partial charge in [0.2, 0.25) is 0 Å². The lowest BCUT2D eigenvalue weighted by atomic mass is 9.73. The molecule has 0 spiro atoms. The molecule has 0 aromatic heterocycles. The normalized spacial score (nSPS) is 43.6. The number of aliphatic carboxylic acids is 1. The number of fused-ring (bicyclic) bond motifs is 2. The van der Waals surface area contributed by atoms with Crippen molar-refractivity contribution < 1.29 is 15.0 Å². The molecule has 2 N–H and O–H groups in total. The van der Waals surface area contributed by atoms with Crippen molar-refractivity contribution in [1.82, 2.24) is 0 Å². The highest BCUT2D eigenvalue weighted by molar-refractivity contribution is 6.22. The summed E-state index contributed by atoms with van der Waals surface area (Å²) < 4.78 is 0. The van der Waals surface area contributed by atoms with E-state index in [0.29, 0.717) is 12.3 Å². The van der Waals surface area contributed by atoms with Gasteiger partial charge in [-0.2, -0.15) is 0 Å². The van der Waals surface area contributed by atoms with Gasteiger partial charge in [-0.15, -0.1) is 11.6 Å². The fourth-order valence-electron chi connectivity index (χ4n) is 3.62. The number of carboxylic acids is 1. The van der Waals surface area contributed by atoms with Crippen LogP contribution in [0.2, 0.25) is 0 Å². The van der Waals surface area contributed by atoms with Gasteiger partial charge in [0, 0.05) is 0 Å². The summed E-state index contributed by atoms with van der Waals surface area (Å²) in [7, 11) is 0. The fraction of sp³-hybridized carbons (Fsp3) is 0.917. The van der Waals surface area contributed by atoms with Gasteiger partial charge in [0.25, 0.3) is 0 Å². The molecule has 5 atom stereocenters. The number of halogens is 1. The molecule has 2 fully saturated rings. The van der Waals surface area contributed by atoms with Crippen LogP contribution in [-0.4, -0.2) is 27.2 Å². The van der Waals surface area contributed by atoms with Crippen LogP contribution in [0.15, 0.2) is 0 Å². The predicted octanol–water partition coefficient (Wildman–Crippen LogP) is 2.26. The number of hydrogen-bond donors (Lipinski definition) is 2. The van der Waals surface area contributed by atoms with Gasteiger partial charge in [-0.25, -0.2) is 0 Å². The van der Waals surface area contributed by atoms with Crippen LogP contribution in [0.5, 0.6) is 0 Å². The lowest BCUT2D eigenvalue weighted by molar-refractivity contribution is -0.157. The van der Waals surface area contributed by atoms with Crippen LogP contribution in [0.25, 0.3) is 0 Å². The van der Waals surface area contributed by atoms with Crippen molar-refractivity contribution in [1.29, 1.82) is 0 Å². The molecule has 0 saturated heterocycles. The SMILES string of the molecule is CCC[C@H](C(=O)O)[C@@]1(O)[C@H]2CC[C@H](C2)[C@H]1Cl. The Morgan fingerprint density at radius 3 is 2.69 bits per heavy atom. The quantitative estimate of drug-likeness (QED) is 0.748. The molecular weight excluding hydrogens is 228 g/mol. The number of alkyl halides is 1. The molecule has 0 aliphatic heterocycles. The molecular formula is C12H19ClO3. The maximum absolute atomic E-state index is 11.3. The minimum atomic E-state index is -1.17. The van der Waals surface area contributed by atoms with E-state index in [0.717, 1.165) is 25.7 Å². The molecule has 4 heteroatoms. The molecule has 0 aromatic carbocycles. The molecule has 0 heterocycles. The maximum atomic E-state index is 11.3. The topological polar surface area (TPSA) is 57.5 Å². The summed E-state index contributed by atoms with van der Waals surface area (Å²) >= 11 is 6.28. The largest absolute Gasteiger partial charge is 0.481 e. The van der Waals surface area contributed by atoms with Crippen LogP contribution in [0.3, 0.4) is 0 Å². The van der Waals surface area contributed by atoms with Crippen molar-refractivity contribution in [2.45, 2.75) is 50.0 Å². The van der Waals surface area contributed by atoms with Gasteiger partial charge in [-0.1, -0.05) is 13.3 Å². The predicted molar refractivity (Wildman–Crippen MR) is 61.5 cm³/mol. The lowest BCUT2D eigenvalue weighted by Crippen LogP contribution is -2.53. The minimum absolute atomic E-state index is 0.0904. The summed E-state index contributed by atoms with van der Waals surface area (Å²) in [6, 6.07) is 0. The van der Waals surface area contributed by atoms with E-state index in [1.54, 1.807) is 0 Å². The summed E-state index contributed by atoms with van der Waals surface area (Å²) in [6.07, 6.45) is 4.15. The number of rotatable bonds is 4. The molecule has 0 radical (unpaired) electrons. The lowest BCUT2D eigenvalue weighted by Gasteiger charge is -2.40. The van der Waals surface area contributed by atoms with E-state index in [2.05, 4.69) is 0 Å². The smallest absolute Gasteiger partial charge is 0.309 e. The minimum Gasteiger partial charge on any atom is -0.481 e. The van der Waals surface area contributed by atoms with Gasteiger partial charge in [0.15, 0.2) is 0 Å². The van der Waals surface area contributed by atoms with Crippen molar-refractivity contribution in [3.63, 3.8) is 0 Å². The zero-order valence-electron chi connectivity index (χ0n) is 9.53. The van der Waals surface area contributed by atoms with Crippen LogP contribution in [0, 0.1) is 17.8 Å². The second-order valence-corrected chi connectivity index (χ2v) is 5.71. The summed E-state index contributed by atoms with van der Waals surface area (Å²) in [5.74, 6) is -1.19. The number of hydrogen-bond acceptors (Lipinski definition) is 2. The second-order valence-electron chi connectivity index (χ2n) is 5.24. The van der Waals surface area contributed by atoms with Crippen molar-refractivity contribution in [2.75, 3.05) is 0 Å². The van der Waals surface area contributed by atoms with Crippen molar-refractivity contribution in [3.8, 4) is 0 Å². The van der Waals surface area contributed by atoms with E-state index < -0.39 is 17.5 Å². The molecule has 2 rings (SSSR count). The van der Waals surface area contributed by atoms with Gasteiger partial charge in [0.1, 0.15) is 0 Å². The Bertz CT molecular complexity index is 290. The third-order valence-electron chi connectivity index (χ3n) is 4.42. The molecule has 92 valence electrons. The molecule has 2 aliphatic rings. The van der Waals surface area contributed by atoms with Crippen molar-refractivity contribution >= 4 is 17.6 Å². The van der Waals surface area contributed by atoms with Crippen LogP contribution in [-0.2, 0) is 4.79 Å². The highest BCUT2D eigenvalue weighted by Gasteiger charge is 2.61. The fourth-order valence-corrected chi connectivity index (χ4v) is 4.18. The first kappa shape index (κ1) is 12.2. The van der Waals surface area contributed by atoms with Crippen LogP contribution < -0.4 is 0 Å². The average molecular weight is 247 g/mol. The first-order valence-corrected chi connectivity index (χ1v) is 6.54. The number of carbonyl (C=O) groups is 1. The van der Waals surface area contributed by atoms with Crippen molar-refractivity contribution in [2.24, 2.45) is 17.8 Å². The van der Waals surface area contributed by atoms with Crippen LogP contribution in [0.1, 0.15) is 39.0 Å². The monoisotopic (exact) mass is 246 g/mol. The second kappa shape index (κ2) is 4.19. The summed E-state index contributed by atoms with van der Waals surface area (Å²) in [6.45, 7) is 1.94. The average Bonchev–Trinajstić information content (AvgIpc) is 2.79. The molecule has 2 bridgehead atoms. The van der Waals surface area contributed by atoms with E-state index in [4.69, 9.17) is 11.6 Å². The summed E-state index contributed by atoms with van der Waals surface area (Å²) in [5, 5.41) is 19.6. The Morgan fingerprint density at radius 1 is 1.56 bits per heavy atom. The van der Waals surface area contributed by atoms with E-state index in [-0.39, 0.29) is 11.3 Å². The molecule has 0 aromatic rings. The standard InChI is InChI=1S/C12H19ClO3/c1-2-3-9(11(14)15)12(16)8-5-4-7(6-8)10(12)13/h7-10,16H,2-6H2,1H3,(H,14,15)/t7-,8+,9-,10-,12+/m1/s1. The van der Waals surface area contributed by atoms with Crippen LogP contribution >= 0.6 is 11.6 Å². The Morgan fingerprint density at radius 2 is 2.25 bits per heavy atom. The van der Waals surface area contributed by atoms with Gasteiger partial charge in [-0.3, -0.25) is 4.79 Å². The molecule has 0 amide bonds. The number of carboxylic acid groups (broad SMARTS) is 1. The molecule has 16 heavy (non-hydrogen) atoms. The van der Waals surface area contributed by atoms with E-state index in [9.17, 15) is 15.0 Å². The number of aliphatic hydroxyl groups is 1. The Balaban J connectivity index is 2.25. The summed E-state index contributed by atoms with van der Waals surface area (Å²) in [5.41, 5.74) is -1.17. The van der Waals surface area contributed by atoms with E-state index >= 15 is 0 Å². The van der Waals surface area contributed by atoms with Gasteiger partial charge >= 0.3 is 5.97 Å².